The smallest absolute Gasteiger partial charge is 0.212 e. The van der Waals surface area contributed by atoms with Crippen LogP contribution in [0.2, 0.25) is 0 Å². The van der Waals surface area contributed by atoms with Crippen LogP contribution in [0.15, 0.2) is 24.4 Å². The number of rotatable bonds is 6. The van der Waals surface area contributed by atoms with Gasteiger partial charge in [0.1, 0.15) is 5.82 Å². The van der Waals surface area contributed by atoms with Gasteiger partial charge in [0, 0.05) is 37.0 Å². The molecule has 21 heavy (non-hydrogen) atoms. The molecule has 5 nitrogen and oxygen atoms in total. The highest BCUT2D eigenvalue weighted by Gasteiger charge is 2.05. The van der Waals surface area contributed by atoms with Crippen LogP contribution in [0.25, 0.3) is 0 Å². The number of nitrogens with one attached hydrogen (secondary N) is 1. The van der Waals surface area contributed by atoms with Crippen LogP contribution in [0.5, 0.6) is 5.88 Å². The van der Waals surface area contributed by atoms with Crippen LogP contribution >= 0.6 is 0 Å². The first kappa shape index (κ1) is 15.4. The summed E-state index contributed by atoms with van der Waals surface area (Å²) in [5.41, 5.74) is 3.08. The van der Waals surface area contributed by atoms with Crippen molar-refractivity contribution in [1.29, 1.82) is 0 Å². The monoisotopic (exact) mass is 286 g/mol. The molecular formula is C16H22N4O. The molecule has 0 atom stereocenters. The average Bonchev–Trinajstić information content (AvgIpc) is 2.45. The van der Waals surface area contributed by atoms with Crippen LogP contribution < -0.4 is 10.1 Å². The lowest BCUT2D eigenvalue weighted by Crippen LogP contribution is -2.23. The fourth-order valence-corrected chi connectivity index (χ4v) is 2.00. The standard InChI is InChI=1S/C16H22N4O/c1-11(2)17-10-14-7-12(3)19-15(20-14)8-13-5-6-16(21-4)18-9-13/h5-7,9,11,17H,8,10H2,1-4H3. The van der Waals surface area contributed by atoms with Gasteiger partial charge in [0.25, 0.3) is 0 Å². The molecular weight excluding hydrogens is 264 g/mol. The summed E-state index contributed by atoms with van der Waals surface area (Å²) >= 11 is 0. The number of ether oxygens (including phenoxy) is 1. The first-order valence-corrected chi connectivity index (χ1v) is 7.12. The molecule has 0 fully saturated rings. The number of aromatic nitrogens is 3. The van der Waals surface area contributed by atoms with Gasteiger partial charge in [-0.1, -0.05) is 19.9 Å². The fraction of sp³-hybridized carbons (Fsp3) is 0.438. The van der Waals surface area contributed by atoms with E-state index in [-0.39, 0.29) is 0 Å². The SMILES string of the molecule is COc1ccc(Cc2nc(C)cc(CNC(C)C)n2)cn1. The molecule has 2 heterocycles. The van der Waals surface area contributed by atoms with E-state index in [2.05, 4.69) is 34.1 Å². The molecule has 2 rings (SSSR count). The van der Waals surface area contributed by atoms with E-state index >= 15 is 0 Å². The van der Waals surface area contributed by atoms with E-state index in [4.69, 9.17) is 4.74 Å². The van der Waals surface area contributed by atoms with Gasteiger partial charge in [0.15, 0.2) is 0 Å². The zero-order valence-electron chi connectivity index (χ0n) is 13.1. The van der Waals surface area contributed by atoms with Crippen molar-refractivity contribution in [2.24, 2.45) is 0 Å². The van der Waals surface area contributed by atoms with Crippen molar-refractivity contribution in [3.63, 3.8) is 0 Å². The number of hydrogen-bond donors (Lipinski definition) is 1. The van der Waals surface area contributed by atoms with Crippen molar-refractivity contribution in [2.75, 3.05) is 7.11 Å². The second-order valence-electron chi connectivity index (χ2n) is 5.34. The second-order valence-corrected chi connectivity index (χ2v) is 5.34. The second kappa shape index (κ2) is 7.13. The highest BCUT2D eigenvalue weighted by molar-refractivity contribution is 5.22. The highest BCUT2D eigenvalue weighted by Crippen LogP contribution is 2.11. The van der Waals surface area contributed by atoms with Crippen LogP contribution in [-0.4, -0.2) is 28.1 Å². The Hall–Kier alpha value is -2.01. The van der Waals surface area contributed by atoms with Crippen molar-refractivity contribution in [2.45, 2.75) is 39.8 Å². The van der Waals surface area contributed by atoms with E-state index in [0.29, 0.717) is 18.3 Å². The molecule has 2 aromatic rings. The third-order valence-electron chi connectivity index (χ3n) is 3.01. The van der Waals surface area contributed by atoms with Crippen LogP contribution in [-0.2, 0) is 13.0 Å². The molecule has 5 heteroatoms. The Morgan fingerprint density at radius 2 is 2.05 bits per heavy atom. The summed E-state index contributed by atoms with van der Waals surface area (Å²) in [6.45, 7) is 7.00. The first-order chi connectivity index (χ1) is 10.1. The number of pyridine rings is 1. The van der Waals surface area contributed by atoms with E-state index in [0.717, 1.165) is 29.3 Å². The Bertz CT molecular complexity index is 581. The van der Waals surface area contributed by atoms with Crippen molar-refractivity contribution in [1.82, 2.24) is 20.3 Å². The van der Waals surface area contributed by atoms with Gasteiger partial charge >= 0.3 is 0 Å². The molecule has 0 spiro atoms. The lowest BCUT2D eigenvalue weighted by Gasteiger charge is -2.09. The lowest BCUT2D eigenvalue weighted by atomic mass is 10.2. The molecule has 0 unspecified atom stereocenters. The van der Waals surface area contributed by atoms with Crippen LogP contribution in [0.4, 0.5) is 0 Å². The third kappa shape index (κ3) is 4.79. The van der Waals surface area contributed by atoms with Gasteiger partial charge in [-0.2, -0.15) is 0 Å². The van der Waals surface area contributed by atoms with Gasteiger partial charge in [-0.15, -0.1) is 0 Å². The Morgan fingerprint density at radius 3 is 2.67 bits per heavy atom. The van der Waals surface area contributed by atoms with E-state index in [1.165, 1.54) is 0 Å². The molecule has 0 saturated carbocycles. The molecule has 0 amide bonds. The van der Waals surface area contributed by atoms with Gasteiger partial charge in [0.05, 0.1) is 12.8 Å². The Kier molecular flexibility index (Phi) is 5.22. The van der Waals surface area contributed by atoms with Crippen molar-refractivity contribution in [3.05, 3.63) is 47.2 Å². The summed E-state index contributed by atoms with van der Waals surface area (Å²) in [4.78, 5) is 13.3. The average molecular weight is 286 g/mol. The first-order valence-electron chi connectivity index (χ1n) is 7.12. The Balaban J connectivity index is 2.11. The number of methoxy groups -OCH3 is 1. The van der Waals surface area contributed by atoms with Crippen LogP contribution in [0.3, 0.4) is 0 Å². The summed E-state index contributed by atoms with van der Waals surface area (Å²) < 4.78 is 5.06. The number of nitrogens with zero attached hydrogens (tertiary/aromatic N) is 3. The molecule has 1 N–H and O–H groups in total. The molecule has 0 aliphatic heterocycles. The van der Waals surface area contributed by atoms with Crippen molar-refractivity contribution >= 4 is 0 Å². The van der Waals surface area contributed by atoms with Gasteiger partial charge < -0.3 is 10.1 Å². The highest BCUT2D eigenvalue weighted by atomic mass is 16.5. The van der Waals surface area contributed by atoms with Gasteiger partial charge in [0.2, 0.25) is 5.88 Å². The van der Waals surface area contributed by atoms with Gasteiger partial charge in [-0.3, -0.25) is 0 Å². The maximum atomic E-state index is 5.06. The molecule has 0 aromatic carbocycles. The van der Waals surface area contributed by atoms with E-state index in [1.807, 2.05) is 25.1 Å². The predicted molar refractivity (Wildman–Crippen MR) is 82.3 cm³/mol. The van der Waals surface area contributed by atoms with Gasteiger partial charge in [-0.05, 0) is 18.6 Å². The summed E-state index contributed by atoms with van der Waals surface area (Å²) in [6, 6.07) is 6.30. The number of aryl methyl sites for hydroxylation is 1. The summed E-state index contributed by atoms with van der Waals surface area (Å²) in [5, 5.41) is 3.38. The topological polar surface area (TPSA) is 59.9 Å². The normalized spacial score (nSPS) is 10.9. The minimum Gasteiger partial charge on any atom is -0.481 e. The molecule has 0 aliphatic carbocycles. The molecule has 0 bridgehead atoms. The van der Waals surface area contributed by atoms with E-state index < -0.39 is 0 Å². The van der Waals surface area contributed by atoms with Crippen molar-refractivity contribution in [3.8, 4) is 5.88 Å². The largest absolute Gasteiger partial charge is 0.481 e. The molecule has 0 saturated heterocycles. The lowest BCUT2D eigenvalue weighted by molar-refractivity contribution is 0.397. The van der Waals surface area contributed by atoms with Crippen LogP contribution in [0.1, 0.15) is 36.6 Å². The Morgan fingerprint density at radius 1 is 1.24 bits per heavy atom. The zero-order chi connectivity index (χ0) is 15.2. The van der Waals surface area contributed by atoms with Crippen LogP contribution in [0, 0.1) is 6.92 Å². The van der Waals surface area contributed by atoms with Gasteiger partial charge in [-0.25, -0.2) is 15.0 Å². The number of hydrogen-bond acceptors (Lipinski definition) is 5. The quantitative estimate of drug-likeness (QED) is 0.882. The summed E-state index contributed by atoms with van der Waals surface area (Å²) in [5.74, 6) is 1.44. The van der Waals surface area contributed by atoms with E-state index in [1.54, 1.807) is 13.3 Å². The minimum atomic E-state index is 0.439. The third-order valence-corrected chi connectivity index (χ3v) is 3.01. The summed E-state index contributed by atoms with van der Waals surface area (Å²) in [6.07, 6.45) is 2.48. The predicted octanol–water partition coefficient (Wildman–Crippen LogP) is 2.28. The molecule has 0 radical (unpaired) electrons. The molecule has 2 aromatic heterocycles. The molecule has 112 valence electrons. The maximum Gasteiger partial charge on any atom is 0.212 e. The zero-order valence-corrected chi connectivity index (χ0v) is 13.1. The maximum absolute atomic E-state index is 5.06. The fourth-order valence-electron chi connectivity index (χ4n) is 2.00. The van der Waals surface area contributed by atoms with E-state index in [9.17, 15) is 0 Å². The molecule has 0 aliphatic rings. The minimum absolute atomic E-state index is 0.439. The summed E-state index contributed by atoms with van der Waals surface area (Å²) in [7, 11) is 1.61. The van der Waals surface area contributed by atoms with Crippen molar-refractivity contribution < 1.29 is 4.74 Å². The Labute approximate surface area is 125 Å².